The van der Waals surface area contributed by atoms with Crippen LogP contribution in [0.25, 0.3) is 0 Å². The van der Waals surface area contributed by atoms with Gasteiger partial charge in [0.15, 0.2) is 0 Å². The lowest BCUT2D eigenvalue weighted by Crippen LogP contribution is -2.43. The molecular weight excluding hydrogens is 364 g/mol. The minimum atomic E-state index is -0.387. The number of nitrogens with one attached hydrogen (secondary N) is 1. The van der Waals surface area contributed by atoms with Gasteiger partial charge in [0.05, 0.1) is 31.6 Å². The molecule has 27 heavy (non-hydrogen) atoms. The number of hydrogen-bond acceptors (Lipinski definition) is 5. The molecular formula is C20H29ClN4O2. The van der Waals surface area contributed by atoms with E-state index in [1.165, 1.54) is 5.56 Å². The fourth-order valence-corrected chi connectivity index (χ4v) is 3.64. The summed E-state index contributed by atoms with van der Waals surface area (Å²) in [4.78, 5) is 2.24. The molecule has 0 radical (unpaired) electrons. The predicted molar refractivity (Wildman–Crippen MR) is 107 cm³/mol. The Kier molecular flexibility index (Phi) is 7.26. The maximum atomic E-state index is 10.3. The van der Waals surface area contributed by atoms with Crippen LogP contribution in [0, 0.1) is 13.8 Å². The third kappa shape index (κ3) is 5.53. The highest BCUT2D eigenvalue weighted by Gasteiger charge is 2.16. The number of nitrogens with zero attached hydrogens (tertiary/aromatic N) is 3. The van der Waals surface area contributed by atoms with Gasteiger partial charge in [-0.25, -0.2) is 0 Å². The molecule has 0 unspecified atom stereocenters. The quantitative estimate of drug-likeness (QED) is 0.719. The summed E-state index contributed by atoms with van der Waals surface area (Å²) in [6.07, 6.45) is -0.387. The molecule has 2 aromatic rings. The van der Waals surface area contributed by atoms with Gasteiger partial charge in [-0.1, -0.05) is 29.8 Å². The fourth-order valence-electron chi connectivity index (χ4n) is 3.44. The van der Waals surface area contributed by atoms with Crippen LogP contribution >= 0.6 is 11.6 Å². The van der Waals surface area contributed by atoms with Gasteiger partial charge in [0.25, 0.3) is 0 Å². The van der Waals surface area contributed by atoms with Crippen molar-refractivity contribution in [2.24, 2.45) is 0 Å². The molecule has 1 aliphatic heterocycles. The van der Waals surface area contributed by atoms with Crippen LogP contribution in [0.2, 0.25) is 5.02 Å². The van der Waals surface area contributed by atoms with Gasteiger partial charge in [-0.2, -0.15) is 5.10 Å². The average molecular weight is 393 g/mol. The van der Waals surface area contributed by atoms with E-state index in [-0.39, 0.29) is 6.10 Å². The van der Waals surface area contributed by atoms with Crippen molar-refractivity contribution in [1.29, 1.82) is 0 Å². The summed E-state index contributed by atoms with van der Waals surface area (Å²) in [6, 6.07) is 7.86. The van der Waals surface area contributed by atoms with Crippen LogP contribution in [0.3, 0.4) is 0 Å². The van der Waals surface area contributed by atoms with E-state index in [2.05, 4.69) is 22.2 Å². The summed E-state index contributed by atoms with van der Waals surface area (Å²) in [5, 5.41) is 19.1. The minimum absolute atomic E-state index is 0.387. The molecule has 1 fully saturated rings. The number of aromatic nitrogens is 2. The van der Waals surface area contributed by atoms with E-state index < -0.39 is 0 Å². The maximum Gasteiger partial charge on any atom is 0.0791 e. The first kappa shape index (κ1) is 20.3. The van der Waals surface area contributed by atoms with Crippen LogP contribution in [0.5, 0.6) is 0 Å². The van der Waals surface area contributed by atoms with Gasteiger partial charge in [-0.15, -0.1) is 0 Å². The van der Waals surface area contributed by atoms with Gasteiger partial charge in [-0.3, -0.25) is 9.58 Å². The molecule has 148 valence electrons. The Balaban J connectivity index is 1.53. The van der Waals surface area contributed by atoms with Crippen molar-refractivity contribution in [2.75, 3.05) is 39.4 Å². The number of aliphatic hydroxyl groups excluding tert-OH is 1. The van der Waals surface area contributed by atoms with Crippen LogP contribution in [0.15, 0.2) is 24.3 Å². The Morgan fingerprint density at radius 1 is 1.26 bits per heavy atom. The van der Waals surface area contributed by atoms with E-state index in [4.69, 9.17) is 16.3 Å². The van der Waals surface area contributed by atoms with Crippen LogP contribution in [0.4, 0.5) is 0 Å². The second-order valence-corrected chi connectivity index (χ2v) is 7.50. The van der Waals surface area contributed by atoms with Gasteiger partial charge in [0.2, 0.25) is 0 Å². The maximum absolute atomic E-state index is 10.3. The van der Waals surface area contributed by atoms with Crippen molar-refractivity contribution >= 4 is 11.6 Å². The number of benzene rings is 1. The SMILES string of the molecule is Cc1nn(Cc2ccccc2Cl)c(C)c1CNC[C@H](O)CN1CCOCC1. The Morgan fingerprint density at radius 2 is 2.00 bits per heavy atom. The third-order valence-corrected chi connectivity index (χ3v) is 5.43. The molecule has 0 spiro atoms. The highest BCUT2D eigenvalue weighted by molar-refractivity contribution is 6.31. The van der Waals surface area contributed by atoms with Crippen molar-refractivity contribution in [3.8, 4) is 0 Å². The monoisotopic (exact) mass is 392 g/mol. The van der Waals surface area contributed by atoms with E-state index in [1.807, 2.05) is 35.9 Å². The highest BCUT2D eigenvalue weighted by Crippen LogP contribution is 2.19. The average Bonchev–Trinajstić information content (AvgIpc) is 2.92. The molecule has 3 rings (SSSR count). The zero-order valence-corrected chi connectivity index (χ0v) is 16.9. The molecule has 0 amide bonds. The van der Waals surface area contributed by atoms with Gasteiger partial charge < -0.3 is 15.2 Å². The molecule has 7 heteroatoms. The standard InChI is InChI=1S/C20H29ClN4O2/c1-15-19(12-22-11-18(26)14-24-7-9-27-10-8-24)16(2)25(23-15)13-17-5-3-4-6-20(17)21/h3-6,18,22,26H,7-14H2,1-2H3/t18-/m0/s1. The van der Waals surface area contributed by atoms with E-state index >= 15 is 0 Å². The predicted octanol–water partition coefficient (Wildman–Crippen LogP) is 1.98. The number of rotatable bonds is 8. The zero-order valence-electron chi connectivity index (χ0n) is 16.1. The summed E-state index contributed by atoms with van der Waals surface area (Å²) < 4.78 is 7.34. The summed E-state index contributed by atoms with van der Waals surface area (Å²) in [7, 11) is 0. The lowest BCUT2D eigenvalue weighted by atomic mass is 10.2. The smallest absolute Gasteiger partial charge is 0.0791 e. The lowest BCUT2D eigenvalue weighted by molar-refractivity contribution is 0.0149. The van der Waals surface area contributed by atoms with Crippen LogP contribution in [-0.2, 0) is 17.8 Å². The zero-order chi connectivity index (χ0) is 19.2. The van der Waals surface area contributed by atoms with Gasteiger partial charge in [0.1, 0.15) is 0 Å². The summed E-state index contributed by atoms with van der Waals surface area (Å²) in [5.41, 5.74) is 4.38. The molecule has 2 heterocycles. The first-order valence-corrected chi connectivity index (χ1v) is 9.87. The molecule has 2 N–H and O–H groups in total. The van der Waals surface area contributed by atoms with Gasteiger partial charge in [-0.05, 0) is 25.5 Å². The molecule has 6 nitrogen and oxygen atoms in total. The number of ether oxygens (including phenoxy) is 1. The molecule has 1 saturated heterocycles. The van der Waals surface area contributed by atoms with Gasteiger partial charge in [0, 0.05) is 49.0 Å². The molecule has 1 aromatic heterocycles. The van der Waals surface area contributed by atoms with Crippen molar-refractivity contribution in [1.82, 2.24) is 20.0 Å². The molecule has 0 saturated carbocycles. The van der Waals surface area contributed by atoms with Crippen LogP contribution < -0.4 is 5.32 Å². The summed E-state index contributed by atoms with van der Waals surface area (Å²) in [6.45, 7) is 9.99. The van der Waals surface area contributed by atoms with Crippen molar-refractivity contribution in [2.45, 2.75) is 33.0 Å². The summed E-state index contributed by atoms with van der Waals surface area (Å²) in [5.74, 6) is 0. The number of aliphatic hydroxyl groups is 1. The van der Waals surface area contributed by atoms with E-state index in [0.29, 0.717) is 26.2 Å². The topological polar surface area (TPSA) is 62.5 Å². The van der Waals surface area contributed by atoms with Gasteiger partial charge >= 0.3 is 0 Å². The molecule has 1 atom stereocenters. The Morgan fingerprint density at radius 3 is 2.74 bits per heavy atom. The van der Waals surface area contributed by atoms with E-state index in [0.717, 1.165) is 48.3 Å². The second-order valence-electron chi connectivity index (χ2n) is 7.10. The number of morpholine rings is 1. The largest absolute Gasteiger partial charge is 0.390 e. The van der Waals surface area contributed by atoms with E-state index in [9.17, 15) is 5.11 Å². The molecule has 1 aromatic carbocycles. The second kappa shape index (κ2) is 9.66. The minimum Gasteiger partial charge on any atom is -0.390 e. The normalized spacial score (nSPS) is 16.6. The Hall–Kier alpha value is -1.44. The fraction of sp³-hybridized carbons (Fsp3) is 0.550. The van der Waals surface area contributed by atoms with E-state index in [1.54, 1.807) is 0 Å². The highest BCUT2D eigenvalue weighted by atomic mass is 35.5. The van der Waals surface area contributed by atoms with Crippen molar-refractivity contribution < 1.29 is 9.84 Å². The summed E-state index contributed by atoms with van der Waals surface area (Å²) >= 11 is 6.28. The van der Waals surface area contributed by atoms with Crippen LogP contribution in [0.1, 0.15) is 22.5 Å². The molecule has 0 aliphatic carbocycles. The molecule has 1 aliphatic rings. The number of hydrogen-bond donors (Lipinski definition) is 2. The lowest BCUT2D eigenvalue weighted by Gasteiger charge is -2.28. The third-order valence-electron chi connectivity index (χ3n) is 5.06. The number of β-amino-alcohol motifs (C(OH)–C–C–N with tert-alkyl or cyclic N) is 1. The first-order valence-electron chi connectivity index (χ1n) is 9.49. The Bertz CT molecular complexity index is 744. The first-order chi connectivity index (χ1) is 13.0. The number of halogens is 1. The Labute approximate surface area is 166 Å². The van der Waals surface area contributed by atoms with Crippen molar-refractivity contribution in [3.05, 3.63) is 51.8 Å². The number of aryl methyl sites for hydroxylation is 1. The molecule has 0 bridgehead atoms. The van der Waals surface area contributed by atoms with Crippen LogP contribution in [-0.4, -0.2) is 65.3 Å². The van der Waals surface area contributed by atoms with Crippen molar-refractivity contribution in [3.63, 3.8) is 0 Å².